The molecular weight excluding hydrogens is 280 g/mol. The van der Waals surface area contributed by atoms with Crippen LogP contribution < -0.4 is 15.2 Å². The van der Waals surface area contributed by atoms with Crippen LogP contribution in [0, 0.1) is 0 Å². The summed E-state index contributed by atoms with van der Waals surface area (Å²) in [6.07, 6.45) is 0. The molecule has 2 N–H and O–H groups in total. The number of aliphatic imine (C=N–C) groups is 1. The molecule has 0 amide bonds. The minimum Gasteiger partial charge on any atom is -0.483 e. The number of hydrogen-bond donors (Lipinski definition) is 1. The fraction of sp³-hybridized carbons (Fsp3) is 0.417. The first kappa shape index (κ1) is 13.0. The number of rotatable bonds is 0. The Morgan fingerprint density at radius 2 is 1.55 bits per heavy atom. The maximum absolute atomic E-state index is 13.3. The van der Waals surface area contributed by atoms with Gasteiger partial charge in [0.05, 0.1) is 6.54 Å². The van der Waals surface area contributed by atoms with Gasteiger partial charge in [-0.15, -0.1) is 0 Å². The van der Waals surface area contributed by atoms with Crippen LogP contribution in [0.15, 0.2) is 17.1 Å². The van der Waals surface area contributed by atoms with Crippen LogP contribution >= 0.6 is 0 Å². The van der Waals surface area contributed by atoms with E-state index in [0.29, 0.717) is 17.7 Å². The molecule has 8 heteroatoms. The van der Waals surface area contributed by atoms with E-state index >= 15 is 0 Å². The van der Waals surface area contributed by atoms with Crippen LogP contribution in [0.4, 0.5) is 17.6 Å². The molecule has 1 aromatic rings. The first-order valence-corrected chi connectivity index (χ1v) is 5.79. The van der Waals surface area contributed by atoms with E-state index < -0.39 is 25.1 Å². The molecule has 0 spiro atoms. The predicted molar refractivity (Wildman–Crippen MR) is 61.8 cm³/mol. The molecule has 0 saturated heterocycles. The van der Waals surface area contributed by atoms with Gasteiger partial charge in [0.2, 0.25) is 0 Å². The Morgan fingerprint density at radius 1 is 1.00 bits per heavy atom. The van der Waals surface area contributed by atoms with E-state index in [-0.39, 0.29) is 17.3 Å². The van der Waals surface area contributed by atoms with Crippen molar-refractivity contribution in [3.8, 4) is 11.5 Å². The maximum atomic E-state index is 13.3. The Balaban J connectivity index is 1.99. The standard InChI is InChI=1S/C12H10F4N2O2/c13-11(14)4-19-8-1-6-3-18-10(17)7(6)2-9(8)20-5-12(11,15)16/h1-2H,3-5H2,(H2,17,18). The quantitative estimate of drug-likeness (QED) is 0.743. The van der Waals surface area contributed by atoms with E-state index in [4.69, 9.17) is 15.2 Å². The van der Waals surface area contributed by atoms with Crippen LogP contribution in [0.3, 0.4) is 0 Å². The fourth-order valence-corrected chi connectivity index (χ4v) is 2.00. The lowest BCUT2D eigenvalue weighted by Gasteiger charge is -2.29. The smallest absolute Gasteiger partial charge is 0.346 e. The average molecular weight is 290 g/mol. The Morgan fingerprint density at radius 3 is 2.15 bits per heavy atom. The lowest BCUT2D eigenvalue weighted by atomic mass is 10.1. The van der Waals surface area contributed by atoms with Crippen molar-refractivity contribution >= 4 is 5.84 Å². The molecule has 108 valence electrons. The van der Waals surface area contributed by atoms with Gasteiger partial charge >= 0.3 is 11.8 Å². The Kier molecular flexibility index (Phi) is 2.60. The van der Waals surface area contributed by atoms with Crippen LogP contribution in [0.2, 0.25) is 0 Å². The van der Waals surface area contributed by atoms with Gasteiger partial charge < -0.3 is 15.2 Å². The summed E-state index contributed by atoms with van der Waals surface area (Å²) >= 11 is 0. The van der Waals surface area contributed by atoms with Crippen LogP contribution in [-0.4, -0.2) is 30.9 Å². The summed E-state index contributed by atoms with van der Waals surface area (Å²) in [7, 11) is 0. The summed E-state index contributed by atoms with van der Waals surface area (Å²) in [5.74, 6) is -8.39. The zero-order valence-electron chi connectivity index (χ0n) is 10.1. The monoisotopic (exact) mass is 290 g/mol. The van der Waals surface area contributed by atoms with E-state index in [2.05, 4.69) is 4.99 Å². The molecule has 0 atom stereocenters. The molecule has 0 unspecified atom stereocenters. The highest BCUT2D eigenvalue weighted by atomic mass is 19.3. The molecule has 0 radical (unpaired) electrons. The van der Waals surface area contributed by atoms with Gasteiger partial charge in [0.1, 0.15) is 5.84 Å². The SMILES string of the molecule is NC1=NCc2cc3c(cc21)OCC(F)(F)C(F)(F)CO3. The van der Waals surface area contributed by atoms with Crippen molar-refractivity contribution in [1.82, 2.24) is 0 Å². The second kappa shape index (κ2) is 4.00. The summed E-state index contributed by atoms with van der Waals surface area (Å²) < 4.78 is 62.6. The third-order valence-corrected chi connectivity index (χ3v) is 3.22. The third-order valence-electron chi connectivity index (χ3n) is 3.22. The molecule has 4 nitrogen and oxygen atoms in total. The number of amidine groups is 1. The number of alkyl halides is 4. The summed E-state index contributed by atoms with van der Waals surface area (Å²) in [6, 6.07) is 2.82. The largest absolute Gasteiger partial charge is 0.483 e. The lowest BCUT2D eigenvalue weighted by Crippen LogP contribution is -2.50. The van der Waals surface area contributed by atoms with E-state index in [1.165, 1.54) is 12.1 Å². The highest BCUT2D eigenvalue weighted by molar-refractivity contribution is 6.01. The highest BCUT2D eigenvalue weighted by Gasteiger charge is 2.58. The topological polar surface area (TPSA) is 56.8 Å². The number of fused-ring (bicyclic) bond motifs is 2. The Labute approximate surface area is 111 Å². The number of hydrogen-bond acceptors (Lipinski definition) is 4. The molecule has 2 aliphatic heterocycles. The fourth-order valence-electron chi connectivity index (χ4n) is 2.00. The van der Waals surface area contributed by atoms with Crippen molar-refractivity contribution < 1.29 is 27.0 Å². The second-order valence-electron chi connectivity index (χ2n) is 4.64. The molecule has 0 saturated carbocycles. The normalized spacial score (nSPS) is 22.5. The Hall–Kier alpha value is -1.99. The van der Waals surface area contributed by atoms with E-state index in [1.807, 2.05) is 0 Å². The van der Waals surface area contributed by atoms with Gasteiger partial charge in [-0.05, 0) is 17.7 Å². The van der Waals surface area contributed by atoms with Gasteiger partial charge in [0, 0.05) is 5.56 Å². The highest BCUT2D eigenvalue weighted by Crippen LogP contribution is 2.41. The summed E-state index contributed by atoms with van der Waals surface area (Å²) in [6.45, 7) is -2.54. The van der Waals surface area contributed by atoms with Gasteiger partial charge in [0.25, 0.3) is 0 Å². The summed E-state index contributed by atoms with van der Waals surface area (Å²) in [5, 5.41) is 0. The molecule has 0 fully saturated rings. The maximum Gasteiger partial charge on any atom is 0.346 e. The summed E-state index contributed by atoms with van der Waals surface area (Å²) in [5.41, 5.74) is 6.86. The third kappa shape index (κ3) is 1.86. The number of ether oxygens (including phenoxy) is 2. The number of halogens is 4. The molecule has 2 heterocycles. The van der Waals surface area contributed by atoms with Crippen molar-refractivity contribution in [2.24, 2.45) is 10.7 Å². The van der Waals surface area contributed by atoms with Crippen molar-refractivity contribution in [1.29, 1.82) is 0 Å². The van der Waals surface area contributed by atoms with E-state index in [9.17, 15) is 17.6 Å². The molecular formula is C12H10F4N2O2. The van der Waals surface area contributed by atoms with E-state index in [0.717, 1.165) is 0 Å². The second-order valence-corrected chi connectivity index (χ2v) is 4.64. The van der Waals surface area contributed by atoms with Crippen LogP contribution in [0.1, 0.15) is 11.1 Å². The van der Waals surface area contributed by atoms with Crippen molar-refractivity contribution in [2.75, 3.05) is 13.2 Å². The molecule has 3 rings (SSSR count). The molecule has 1 aromatic carbocycles. The number of benzene rings is 1. The van der Waals surface area contributed by atoms with Crippen molar-refractivity contribution in [3.05, 3.63) is 23.3 Å². The van der Waals surface area contributed by atoms with Gasteiger partial charge in [-0.2, -0.15) is 17.6 Å². The van der Waals surface area contributed by atoms with Crippen molar-refractivity contribution in [2.45, 2.75) is 18.4 Å². The number of nitrogens with two attached hydrogens (primary N) is 1. The molecule has 2 aliphatic rings. The average Bonchev–Trinajstić information content (AvgIpc) is 2.73. The zero-order chi connectivity index (χ0) is 14.5. The summed E-state index contributed by atoms with van der Waals surface area (Å²) in [4.78, 5) is 3.97. The minimum atomic E-state index is -4.30. The van der Waals surface area contributed by atoms with Crippen molar-refractivity contribution in [3.63, 3.8) is 0 Å². The first-order chi connectivity index (χ1) is 9.30. The predicted octanol–water partition coefficient (Wildman–Crippen LogP) is 1.95. The lowest BCUT2D eigenvalue weighted by molar-refractivity contribution is -0.236. The van der Waals surface area contributed by atoms with Gasteiger partial charge in [-0.1, -0.05) is 0 Å². The first-order valence-electron chi connectivity index (χ1n) is 5.79. The van der Waals surface area contributed by atoms with Gasteiger partial charge in [-0.3, -0.25) is 4.99 Å². The molecule has 0 bridgehead atoms. The van der Waals surface area contributed by atoms with Crippen LogP contribution in [0.5, 0.6) is 11.5 Å². The van der Waals surface area contributed by atoms with Crippen LogP contribution in [-0.2, 0) is 6.54 Å². The zero-order valence-corrected chi connectivity index (χ0v) is 10.1. The molecule has 0 aromatic heterocycles. The molecule has 20 heavy (non-hydrogen) atoms. The number of nitrogens with zero attached hydrogens (tertiary/aromatic N) is 1. The minimum absolute atomic E-state index is 0.0103. The molecule has 0 aliphatic carbocycles. The van der Waals surface area contributed by atoms with Crippen LogP contribution in [0.25, 0.3) is 0 Å². The van der Waals surface area contributed by atoms with Gasteiger partial charge in [-0.25, -0.2) is 0 Å². The van der Waals surface area contributed by atoms with E-state index in [1.54, 1.807) is 0 Å². The Bertz CT molecular complexity index is 601. The van der Waals surface area contributed by atoms with Gasteiger partial charge in [0.15, 0.2) is 24.7 Å².